The number of rotatable bonds is 7. The Balaban J connectivity index is 1.40. The zero-order chi connectivity index (χ0) is 21.3. The zero-order valence-electron chi connectivity index (χ0n) is 17.3. The van der Waals surface area contributed by atoms with Gasteiger partial charge in [0.15, 0.2) is 5.11 Å². The smallest absolute Gasteiger partial charge is 0.187 e. The summed E-state index contributed by atoms with van der Waals surface area (Å²) in [5, 5.41) is 12.8. The number of morpholine rings is 1. The molecule has 0 amide bonds. The molecule has 8 heteroatoms. The van der Waals surface area contributed by atoms with Crippen LogP contribution in [0.25, 0.3) is 16.9 Å². The van der Waals surface area contributed by atoms with Gasteiger partial charge >= 0.3 is 0 Å². The predicted octanol–water partition coefficient (Wildman–Crippen LogP) is 2.67. The van der Waals surface area contributed by atoms with Crippen molar-refractivity contribution in [3.05, 3.63) is 72.4 Å². The Kier molecular flexibility index (Phi) is 7.38. The molecule has 4 rings (SSSR count). The zero-order valence-corrected chi connectivity index (χ0v) is 18.1. The van der Waals surface area contributed by atoms with E-state index in [4.69, 9.17) is 22.1 Å². The van der Waals surface area contributed by atoms with Gasteiger partial charge in [0.25, 0.3) is 0 Å². The minimum absolute atomic E-state index is 0.501. The molecule has 2 aromatic carbocycles. The molecule has 1 aliphatic rings. The maximum atomic E-state index is 5.37. The summed E-state index contributed by atoms with van der Waals surface area (Å²) < 4.78 is 7.23. The molecule has 2 N–H and O–H groups in total. The molecule has 0 aliphatic carbocycles. The van der Waals surface area contributed by atoms with E-state index >= 15 is 0 Å². The molecule has 3 aromatic rings. The van der Waals surface area contributed by atoms with Crippen LogP contribution in [-0.4, -0.2) is 65.4 Å². The number of hydrogen-bond donors (Lipinski definition) is 2. The molecule has 1 saturated heterocycles. The quantitative estimate of drug-likeness (QED) is 0.339. The highest BCUT2D eigenvalue weighted by Crippen LogP contribution is 2.22. The average Bonchev–Trinajstić information content (AvgIpc) is 3.25. The highest BCUT2D eigenvalue weighted by Gasteiger charge is 2.11. The van der Waals surface area contributed by atoms with Crippen molar-refractivity contribution in [3.8, 4) is 16.9 Å². The van der Waals surface area contributed by atoms with Crippen molar-refractivity contribution in [1.82, 2.24) is 25.4 Å². The maximum absolute atomic E-state index is 5.37. The van der Waals surface area contributed by atoms with E-state index in [0.29, 0.717) is 5.11 Å². The van der Waals surface area contributed by atoms with Crippen molar-refractivity contribution in [2.75, 3.05) is 39.4 Å². The van der Waals surface area contributed by atoms with Crippen LogP contribution in [0.15, 0.2) is 72.0 Å². The highest BCUT2D eigenvalue weighted by atomic mass is 32.1. The van der Waals surface area contributed by atoms with E-state index in [0.717, 1.165) is 61.9 Å². The van der Waals surface area contributed by atoms with E-state index in [1.165, 1.54) is 0 Å². The monoisotopic (exact) mass is 434 g/mol. The Morgan fingerprint density at radius 2 is 1.77 bits per heavy atom. The van der Waals surface area contributed by atoms with Gasteiger partial charge in [-0.3, -0.25) is 10.3 Å². The summed E-state index contributed by atoms with van der Waals surface area (Å²) in [5.74, 6) is 0. The number of benzene rings is 2. The summed E-state index contributed by atoms with van der Waals surface area (Å²) in [5.41, 5.74) is 6.70. The standard InChI is InChI=1S/C23H26N6OS/c31-23(24-11-12-28-13-15-30-16-14-28)26-25-17-20-18-29(21-9-5-2-6-10-21)27-22(20)19-7-3-1-4-8-19/h1-10,17-18H,11-16H2,(H2,24,26,31)/b25-17-. The molecule has 2 heterocycles. The van der Waals surface area contributed by atoms with Gasteiger partial charge in [0.1, 0.15) is 5.69 Å². The first kappa shape index (κ1) is 21.2. The number of hydrogen-bond acceptors (Lipinski definition) is 5. The Labute approximate surface area is 187 Å². The van der Waals surface area contributed by atoms with Gasteiger partial charge in [-0.1, -0.05) is 48.5 Å². The summed E-state index contributed by atoms with van der Waals surface area (Å²) in [6, 6.07) is 20.1. The molecule has 0 unspecified atom stereocenters. The van der Waals surface area contributed by atoms with Crippen molar-refractivity contribution in [1.29, 1.82) is 0 Å². The predicted molar refractivity (Wildman–Crippen MR) is 128 cm³/mol. The Hall–Kier alpha value is -3.07. The lowest BCUT2D eigenvalue weighted by Gasteiger charge is -2.26. The maximum Gasteiger partial charge on any atom is 0.187 e. The van der Waals surface area contributed by atoms with E-state index in [1.807, 2.05) is 71.5 Å². The second kappa shape index (κ2) is 10.8. The second-order valence-electron chi connectivity index (χ2n) is 7.16. The van der Waals surface area contributed by atoms with E-state index in [9.17, 15) is 0 Å². The Morgan fingerprint density at radius 1 is 1.06 bits per heavy atom. The van der Waals surface area contributed by atoms with Crippen LogP contribution in [0.5, 0.6) is 0 Å². The fraction of sp³-hybridized carbons (Fsp3) is 0.261. The minimum Gasteiger partial charge on any atom is -0.379 e. The number of thiocarbonyl (C=S) groups is 1. The first-order valence-electron chi connectivity index (χ1n) is 10.4. The summed E-state index contributed by atoms with van der Waals surface area (Å²) in [4.78, 5) is 2.35. The van der Waals surface area contributed by atoms with Gasteiger partial charge in [-0.25, -0.2) is 4.68 Å². The van der Waals surface area contributed by atoms with Crippen molar-refractivity contribution in [2.24, 2.45) is 5.10 Å². The molecule has 0 radical (unpaired) electrons. The van der Waals surface area contributed by atoms with Crippen LogP contribution in [-0.2, 0) is 4.74 Å². The van der Waals surface area contributed by atoms with Gasteiger partial charge in [-0.2, -0.15) is 10.2 Å². The summed E-state index contributed by atoms with van der Waals surface area (Å²) >= 11 is 5.34. The first-order valence-corrected chi connectivity index (χ1v) is 10.8. The van der Waals surface area contributed by atoms with Gasteiger partial charge in [0.2, 0.25) is 0 Å². The van der Waals surface area contributed by atoms with E-state index in [-0.39, 0.29) is 0 Å². The SMILES string of the molecule is S=C(NCCN1CCOCC1)N/N=C\c1cn(-c2ccccc2)nc1-c1ccccc1. The normalized spacial score (nSPS) is 14.6. The Morgan fingerprint density at radius 3 is 2.52 bits per heavy atom. The van der Waals surface area contributed by atoms with E-state index in [1.54, 1.807) is 6.21 Å². The molecule has 0 saturated carbocycles. The number of hydrazone groups is 1. The number of aromatic nitrogens is 2. The van der Waals surface area contributed by atoms with Crippen LogP contribution in [0, 0.1) is 0 Å². The topological polar surface area (TPSA) is 66.7 Å². The van der Waals surface area contributed by atoms with Gasteiger partial charge in [0.05, 0.1) is 25.1 Å². The summed E-state index contributed by atoms with van der Waals surface area (Å²) in [6.45, 7) is 5.22. The van der Waals surface area contributed by atoms with Gasteiger partial charge < -0.3 is 10.1 Å². The molecule has 1 fully saturated rings. The molecule has 7 nitrogen and oxygen atoms in total. The Bertz CT molecular complexity index is 999. The average molecular weight is 435 g/mol. The second-order valence-corrected chi connectivity index (χ2v) is 7.57. The van der Waals surface area contributed by atoms with Crippen LogP contribution in [0.3, 0.4) is 0 Å². The van der Waals surface area contributed by atoms with Crippen molar-refractivity contribution in [3.63, 3.8) is 0 Å². The third kappa shape index (κ3) is 5.97. The van der Waals surface area contributed by atoms with Crippen molar-refractivity contribution < 1.29 is 4.74 Å². The minimum atomic E-state index is 0.501. The van der Waals surface area contributed by atoms with E-state index < -0.39 is 0 Å². The number of para-hydroxylation sites is 1. The summed E-state index contributed by atoms with van der Waals surface area (Å²) in [6.07, 6.45) is 3.72. The lowest BCUT2D eigenvalue weighted by atomic mass is 10.1. The highest BCUT2D eigenvalue weighted by molar-refractivity contribution is 7.80. The fourth-order valence-electron chi connectivity index (χ4n) is 3.37. The largest absolute Gasteiger partial charge is 0.379 e. The first-order chi connectivity index (χ1) is 15.3. The molecule has 1 aromatic heterocycles. The third-order valence-corrected chi connectivity index (χ3v) is 5.23. The molecular weight excluding hydrogens is 408 g/mol. The third-order valence-electron chi connectivity index (χ3n) is 5.00. The molecule has 160 valence electrons. The van der Waals surface area contributed by atoms with Crippen molar-refractivity contribution in [2.45, 2.75) is 0 Å². The van der Waals surface area contributed by atoms with Crippen LogP contribution < -0.4 is 10.7 Å². The number of ether oxygens (including phenoxy) is 1. The fourth-order valence-corrected chi connectivity index (χ4v) is 3.52. The van der Waals surface area contributed by atoms with Crippen LogP contribution >= 0.6 is 12.2 Å². The van der Waals surface area contributed by atoms with Gasteiger partial charge in [-0.15, -0.1) is 0 Å². The molecule has 31 heavy (non-hydrogen) atoms. The summed E-state index contributed by atoms with van der Waals surface area (Å²) in [7, 11) is 0. The van der Waals surface area contributed by atoms with Crippen molar-refractivity contribution >= 4 is 23.5 Å². The number of nitrogens with zero attached hydrogens (tertiary/aromatic N) is 4. The van der Waals surface area contributed by atoms with Crippen LogP contribution in [0.1, 0.15) is 5.56 Å². The van der Waals surface area contributed by atoms with Gasteiger partial charge in [0, 0.05) is 43.5 Å². The lowest BCUT2D eigenvalue weighted by molar-refractivity contribution is 0.0389. The molecule has 0 bridgehead atoms. The molecular formula is C23H26N6OS. The van der Waals surface area contributed by atoms with Crippen LogP contribution in [0.2, 0.25) is 0 Å². The molecule has 1 aliphatic heterocycles. The molecule has 0 spiro atoms. The molecule has 0 atom stereocenters. The number of nitrogens with one attached hydrogen (secondary N) is 2. The van der Waals surface area contributed by atoms with Crippen LogP contribution in [0.4, 0.5) is 0 Å². The van der Waals surface area contributed by atoms with E-state index in [2.05, 4.69) is 20.7 Å². The van der Waals surface area contributed by atoms with Gasteiger partial charge in [-0.05, 0) is 24.4 Å². The lowest BCUT2D eigenvalue weighted by Crippen LogP contribution is -2.42.